The first kappa shape index (κ1) is 18.8. The summed E-state index contributed by atoms with van der Waals surface area (Å²) in [6, 6.07) is 8.63. The second-order valence-electron chi connectivity index (χ2n) is 6.40. The van der Waals surface area contributed by atoms with Gasteiger partial charge in [-0.1, -0.05) is 12.1 Å². The molecular weight excluding hydrogens is 354 g/mol. The zero-order valence-corrected chi connectivity index (χ0v) is 14.9. The fourth-order valence-electron chi connectivity index (χ4n) is 3.03. The number of rotatable bonds is 6. The molecule has 3 rings (SSSR count). The molecule has 7 heteroatoms. The van der Waals surface area contributed by atoms with Crippen LogP contribution >= 0.6 is 0 Å². The van der Waals surface area contributed by atoms with Crippen molar-refractivity contribution in [1.29, 1.82) is 0 Å². The molecule has 1 heterocycles. The summed E-state index contributed by atoms with van der Waals surface area (Å²) in [5.74, 6) is -1.73. The van der Waals surface area contributed by atoms with Crippen molar-refractivity contribution in [3.63, 3.8) is 0 Å². The first-order valence-electron chi connectivity index (χ1n) is 8.71. The lowest BCUT2D eigenvalue weighted by molar-refractivity contribution is -0.118. The van der Waals surface area contributed by atoms with Gasteiger partial charge in [0.05, 0.1) is 0 Å². The minimum absolute atomic E-state index is 0.0269. The van der Waals surface area contributed by atoms with Crippen LogP contribution in [0.2, 0.25) is 0 Å². The molecular formula is C20H20F2N2O3. The number of hydrogen-bond acceptors (Lipinski definition) is 4. The Bertz CT molecular complexity index is 841. The zero-order valence-electron chi connectivity index (χ0n) is 14.9. The van der Waals surface area contributed by atoms with E-state index >= 15 is 0 Å². The molecule has 0 saturated carbocycles. The second-order valence-corrected chi connectivity index (χ2v) is 6.40. The Kier molecular flexibility index (Phi) is 5.69. The molecule has 0 aliphatic carbocycles. The predicted molar refractivity (Wildman–Crippen MR) is 98.4 cm³/mol. The number of carbonyl (C=O) groups excluding carboxylic acids is 2. The molecule has 1 aliphatic rings. The van der Waals surface area contributed by atoms with Crippen molar-refractivity contribution in [2.45, 2.75) is 19.8 Å². The average Bonchev–Trinajstić information content (AvgIpc) is 3.14. The number of Topliss-reactive ketones (excluding diaryl/α,β-unsaturated/α-hetero) is 1. The molecule has 0 unspecified atom stereocenters. The summed E-state index contributed by atoms with van der Waals surface area (Å²) in [6.45, 7) is 2.32. The van der Waals surface area contributed by atoms with Crippen molar-refractivity contribution in [2.24, 2.45) is 0 Å². The maximum atomic E-state index is 14.3. The van der Waals surface area contributed by atoms with Gasteiger partial charge in [-0.25, -0.2) is 8.78 Å². The van der Waals surface area contributed by atoms with E-state index in [2.05, 4.69) is 5.32 Å². The molecule has 2 aromatic carbocycles. The van der Waals surface area contributed by atoms with Gasteiger partial charge in [0.15, 0.2) is 24.0 Å². The number of hydrogen-bond donors (Lipinski definition) is 1. The number of nitrogens with one attached hydrogen (secondary N) is 1. The summed E-state index contributed by atoms with van der Waals surface area (Å²) in [5.41, 5.74) is 0.441. The molecule has 1 fully saturated rings. The first-order chi connectivity index (χ1) is 12.9. The van der Waals surface area contributed by atoms with Crippen LogP contribution in [0.15, 0.2) is 36.4 Å². The Balaban J connectivity index is 1.62. The molecule has 0 bridgehead atoms. The number of benzene rings is 2. The first-order valence-corrected chi connectivity index (χ1v) is 8.71. The van der Waals surface area contributed by atoms with E-state index in [1.807, 2.05) is 0 Å². The monoisotopic (exact) mass is 374 g/mol. The number of ketones is 1. The molecule has 142 valence electrons. The van der Waals surface area contributed by atoms with E-state index in [1.54, 1.807) is 23.1 Å². The van der Waals surface area contributed by atoms with Crippen molar-refractivity contribution in [3.8, 4) is 5.75 Å². The number of halogens is 2. The Morgan fingerprint density at radius 1 is 1.11 bits per heavy atom. The summed E-state index contributed by atoms with van der Waals surface area (Å²) in [4.78, 5) is 25.0. The normalized spacial score (nSPS) is 13.5. The highest BCUT2D eigenvalue weighted by Gasteiger charge is 2.21. The van der Waals surface area contributed by atoms with E-state index in [-0.39, 0.29) is 23.8 Å². The highest BCUT2D eigenvalue weighted by molar-refractivity contribution is 5.94. The van der Waals surface area contributed by atoms with Gasteiger partial charge in [0.25, 0.3) is 5.91 Å². The van der Waals surface area contributed by atoms with Crippen LogP contribution in [0.1, 0.15) is 30.1 Å². The lowest BCUT2D eigenvalue weighted by Crippen LogP contribution is -2.22. The maximum absolute atomic E-state index is 14.3. The Morgan fingerprint density at radius 3 is 2.41 bits per heavy atom. The predicted octanol–water partition coefficient (Wildman–Crippen LogP) is 3.79. The fraction of sp³-hybridized carbons (Fsp3) is 0.300. The third-order valence-corrected chi connectivity index (χ3v) is 4.33. The van der Waals surface area contributed by atoms with E-state index in [1.165, 1.54) is 13.0 Å². The summed E-state index contributed by atoms with van der Waals surface area (Å²) < 4.78 is 33.9. The molecule has 0 spiro atoms. The summed E-state index contributed by atoms with van der Waals surface area (Å²) >= 11 is 0. The molecule has 5 nitrogen and oxygen atoms in total. The van der Waals surface area contributed by atoms with Crippen LogP contribution in [-0.4, -0.2) is 31.4 Å². The minimum Gasteiger partial charge on any atom is -0.484 e. The largest absolute Gasteiger partial charge is 0.484 e. The standard InChI is InChI=1S/C20H20F2N2O3/c1-13(25)14-5-4-6-16(9-14)27-12-19(26)23-15-10-17(21)20(18(22)11-15)24-7-2-3-8-24/h4-6,9-11H,2-3,7-8,12H2,1H3,(H,23,26). The quantitative estimate of drug-likeness (QED) is 0.782. The molecule has 1 amide bonds. The van der Waals surface area contributed by atoms with Gasteiger partial charge < -0.3 is 15.0 Å². The topological polar surface area (TPSA) is 58.6 Å². The zero-order chi connectivity index (χ0) is 19.4. The lowest BCUT2D eigenvalue weighted by Gasteiger charge is -2.19. The van der Waals surface area contributed by atoms with E-state index in [0.717, 1.165) is 25.0 Å². The van der Waals surface area contributed by atoms with Crippen molar-refractivity contribution in [3.05, 3.63) is 53.6 Å². The van der Waals surface area contributed by atoms with Gasteiger partial charge in [0, 0.05) is 24.3 Å². The van der Waals surface area contributed by atoms with Gasteiger partial charge in [-0.3, -0.25) is 9.59 Å². The molecule has 1 aliphatic heterocycles. The van der Waals surface area contributed by atoms with E-state index < -0.39 is 17.5 Å². The highest BCUT2D eigenvalue weighted by Crippen LogP contribution is 2.29. The van der Waals surface area contributed by atoms with Gasteiger partial charge in [-0.15, -0.1) is 0 Å². The maximum Gasteiger partial charge on any atom is 0.262 e. The third-order valence-electron chi connectivity index (χ3n) is 4.33. The number of ether oxygens (including phenoxy) is 1. The van der Waals surface area contributed by atoms with E-state index in [9.17, 15) is 18.4 Å². The van der Waals surface area contributed by atoms with Crippen LogP contribution in [0.3, 0.4) is 0 Å². The molecule has 2 aromatic rings. The fourth-order valence-corrected chi connectivity index (χ4v) is 3.03. The number of anilines is 2. The van der Waals surface area contributed by atoms with Crippen LogP contribution in [0, 0.1) is 11.6 Å². The number of amides is 1. The van der Waals surface area contributed by atoms with Crippen molar-refractivity contribution >= 4 is 23.1 Å². The molecule has 0 atom stereocenters. The summed E-state index contributed by atoms with van der Waals surface area (Å²) in [7, 11) is 0. The average molecular weight is 374 g/mol. The number of nitrogens with zero attached hydrogens (tertiary/aromatic N) is 1. The van der Waals surface area contributed by atoms with Crippen LogP contribution < -0.4 is 15.0 Å². The molecule has 1 N–H and O–H groups in total. The van der Waals surface area contributed by atoms with E-state index in [0.29, 0.717) is 24.4 Å². The lowest BCUT2D eigenvalue weighted by atomic mass is 10.1. The van der Waals surface area contributed by atoms with Gasteiger partial charge >= 0.3 is 0 Å². The van der Waals surface area contributed by atoms with Crippen LogP contribution in [0.4, 0.5) is 20.2 Å². The van der Waals surface area contributed by atoms with E-state index in [4.69, 9.17) is 4.74 Å². The molecule has 1 saturated heterocycles. The molecule has 27 heavy (non-hydrogen) atoms. The Hall–Kier alpha value is -2.96. The Morgan fingerprint density at radius 2 is 1.78 bits per heavy atom. The Labute approximate surface area is 155 Å². The van der Waals surface area contributed by atoms with Gasteiger partial charge in [0.1, 0.15) is 11.4 Å². The van der Waals surface area contributed by atoms with Crippen LogP contribution in [-0.2, 0) is 4.79 Å². The SMILES string of the molecule is CC(=O)c1cccc(OCC(=O)Nc2cc(F)c(N3CCCC3)c(F)c2)c1. The van der Waals surface area contributed by atoms with Gasteiger partial charge in [0.2, 0.25) is 0 Å². The second kappa shape index (κ2) is 8.16. The number of carbonyl (C=O) groups is 2. The van der Waals surface area contributed by atoms with Gasteiger partial charge in [-0.05, 0) is 44.0 Å². The van der Waals surface area contributed by atoms with Crippen molar-refractivity contribution < 1.29 is 23.1 Å². The highest BCUT2D eigenvalue weighted by atomic mass is 19.1. The summed E-state index contributed by atoms with van der Waals surface area (Å²) in [5, 5.41) is 2.42. The van der Waals surface area contributed by atoms with Crippen molar-refractivity contribution in [1.82, 2.24) is 0 Å². The van der Waals surface area contributed by atoms with Crippen LogP contribution in [0.25, 0.3) is 0 Å². The van der Waals surface area contributed by atoms with Gasteiger partial charge in [-0.2, -0.15) is 0 Å². The molecule has 0 radical (unpaired) electrons. The third kappa shape index (κ3) is 4.61. The molecule has 0 aromatic heterocycles. The summed E-state index contributed by atoms with van der Waals surface area (Å²) in [6.07, 6.45) is 1.80. The van der Waals surface area contributed by atoms with Crippen LogP contribution in [0.5, 0.6) is 5.75 Å². The van der Waals surface area contributed by atoms with Crippen molar-refractivity contribution in [2.75, 3.05) is 29.9 Å². The smallest absolute Gasteiger partial charge is 0.262 e. The minimum atomic E-state index is -0.706.